The van der Waals surface area contributed by atoms with E-state index in [2.05, 4.69) is 0 Å². The zero-order valence-corrected chi connectivity index (χ0v) is 9.89. The fraction of sp³-hybridized carbons (Fsp3) is 0.333. The van der Waals surface area contributed by atoms with Crippen LogP contribution in [0.5, 0.6) is 11.5 Å². The summed E-state index contributed by atoms with van der Waals surface area (Å²) in [7, 11) is 2.98. The Bertz CT molecular complexity index is 439. The van der Waals surface area contributed by atoms with E-state index in [1.165, 1.54) is 21.1 Å². The molecule has 92 valence electrons. The molecule has 0 aliphatic rings. The minimum absolute atomic E-state index is 0.468. The second-order valence-electron chi connectivity index (χ2n) is 3.51. The van der Waals surface area contributed by atoms with Crippen LogP contribution in [0.4, 0.5) is 0 Å². The molecule has 5 nitrogen and oxygen atoms in total. The first-order chi connectivity index (χ1) is 8.01. The normalized spacial score (nSPS) is 11.7. The second-order valence-corrected chi connectivity index (χ2v) is 3.51. The molecule has 0 aliphatic heterocycles. The number of rotatable bonds is 5. The topological polar surface area (TPSA) is 72.8 Å². The Morgan fingerprint density at radius 3 is 2.24 bits per heavy atom. The van der Waals surface area contributed by atoms with E-state index < -0.39 is 17.7 Å². The molecule has 1 rings (SSSR count). The highest BCUT2D eigenvalue weighted by Crippen LogP contribution is 2.30. The lowest BCUT2D eigenvalue weighted by Crippen LogP contribution is -2.19. The minimum Gasteiger partial charge on any atom is -0.493 e. The van der Waals surface area contributed by atoms with Gasteiger partial charge in [-0.1, -0.05) is 13.0 Å². The Kier molecular flexibility index (Phi) is 4.09. The van der Waals surface area contributed by atoms with Crippen LogP contribution in [0.3, 0.4) is 0 Å². The summed E-state index contributed by atoms with van der Waals surface area (Å²) in [6.45, 7) is 1.54. The van der Waals surface area contributed by atoms with Crippen molar-refractivity contribution in [1.29, 1.82) is 0 Å². The maximum Gasteiger partial charge on any atom is 0.372 e. The largest absolute Gasteiger partial charge is 0.493 e. The monoisotopic (exact) mass is 238 g/mol. The Hall–Kier alpha value is -2.04. The van der Waals surface area contributed by atoms with Gasteiger partial charge in [-0.15, -0.1) is 0 Å². The van der Waals surface area contributed by atoms with Gasteiger partial charge in [0, 0.05) is 0 Å². The van der Waals surface area contributed by atoms with Gasteiger partial charge in [-0.05, 0) is 17.7 Å². The molecule has 0 aliphatic carbocycles. The molecule has 0 heterocycles. The van der Waals surface area contributed by atoms with Crippen LogP contribution in [0.15, 0.2) is 18.2 Å². The van der Waals surface area contributed by atoms with Gasteiger partial charge in [-0.25, -0.2) is 4.79 Å². The van der Waals surface area contributed by atoms with Crippen LogP contribution in [0.25, 0.3) is 0 Å². The minimum atomic E-state index is -1.44. The smallest absolute Gasteiger partial charge is 0.372 e. The molecule has 0 saturated heterocycles. The van der Waals surface area contributed by atoms with Crippen LogP contribution in [0, 0.1) is 0 Å². The predicted octanol–water partition coefficient (Wildman–Crippen LogP) is 1.46. The number of carbonyl (C=O) groups is 2. The molecule has 0 aromatic heterocycles. The van der Waals surface area contributed by atoms with E-state index in [1.54, 1.807) is 18.2 Å². The van der Waals surface area contributed by atoms with E-state index in [1.807, 2.05) is 0 Å². The van der Waals surface area contributed by atoms with E-state index >= 15 is 0 Å². The summed E-state index contributed by atoms with van der Waals surface area (Å²) in [5.41, 5.74) is 0.579. The highest BCUT2D eigenvalue weighted by molar-refractivity contribution is 6.34. The molecule has 5 heteroatoms. The highest BCUT2D eigenvalue weighted by atomic mass is 16.5. The molecule has 0 fully saturated rings. The van der Waals surface area contributed by atoms with Gasteiger partial charge in [0.05, 0.1) is 20.1 Å². The van der Waals surface area contributed by atoms with Crippen molar-refractivity contribution in [3.05, 3.63) is 23.8 Å². The van der Waals surface area contributed by atoms with Crippen LogP contribution in [0.1, 0.15) is 18.4 Å². The van der Waals surface area contributed by atoms with Gasteiger partial charge in [0.1, 0.15) is 0 Å². The number of benzene rings is 1. The maximum absolute atomic E-state index is 11.3. The lowest BCUT2D eigenvalue weighted by molar-refractivity contribution is -0.149. The molecular weight excluding hydrogens is 224 g/mol. The average molecular weight is 238 g/mol. The van der Waals surface area contributed by atoms with Crippen LogP contribution in [0.2, 0.25) is 0 Å². The zero-order valence-electron chi connectivity index (χ0n) is 9.89. The molecule has 0 bridgehead atoms. The standard InChI is InChI=1S/C12H14O5/c1-7(11(13)12(14)15)8-4-5-9(16-2)10(6-8)17-3/h4-7H,1-3H3,(H,14,15). The van der Waals surface area contributed by atoms with E-state index in [0.717, 1.165) is 0 Å². The summed E-state index contributed by atoms with van der Waals surface area (Å²) in [5.74, 6) is -2.00. The fourth-order valence-electron chi connectivity index (χ4n) is 1.46. The van der Waals surface area contributed by atoms with Crippen molar-refractivity contribution in [3.63, 3.8) is 0 Å². The van der Waals surface area contributed by atoms with Crippen LogP contribution in [-0.4, -0.2) is 31.1 Å². The molecule has 1 N–H and O–H groups in total. The van der Waals surface area contributed by atoms with Gasteiger partial charge in [0.2, 0.25) is 5.78 Å². The third-order valence-electron chi connectivity index (χ3n) is 2.51. The average Bonchev–Trinajstić information content (AvgIpc) is 2.35. The summed E-state index contributed by atoms with van der Waals surface area (Å²) < 4.78 is 10.1. The Balaban J connectivity index is 3.07. The van der Waals surface area contributed by atoms with Crippen molar-refractivity contribution < 1.29 is 24.2 Å². The quantitative estimate of drug-likeness (QED) is 0.786. The van der Waals surface area contributed by atoms with E-state index in [9.17, 15) is 9.59 Å². The number of ether oxygens (including phenoxy) is 2. The van der Waals surface area contributed by atoms with Gasteiger partial charge in [0.15, 0.2) is 11.5 Å². The molecule has 1 aromatic carbocycles. The number of Topliss-reactive ketones (excluding diaryl/α,β-unsaturated/α-hetero) is 1. The van der Waals surface area contributed by atoms with Crippen molar-refractivity contribution in [2.24, 2.45) is 0 Å². The number of hydrogen-bond acceptors (Lipinski definition) is 4. The maximum atomic E-state index is 11.3. The number of carbonyl (C=O) groups excluding carboxylic acids is 1. The Morgan fingerprint density at radius 1 is 1.18 bits per heavy atom. The SMILES string of the molecule is COc1ccc(C(C)C(=O)C(=O)O)cc1OC. The first-order valence-electron chi connectivity index (χ1n) is 5.00. The number of hydrogen-bond donors (Lipinski definition) is 1. The predicted molar refractivity (Wildman–Crippen MR) is 60.6 cm³/mol. The van der Waals surface area contributed by atoms with Gasteiger partial charge in [0.25, 0.3) is 0 Å². The van der Waals surface area contributed by atoms with Crippen LogP contribution in [-0.2, 0) is 9.59 Å². The molecule has 0 radical (unpaired) electrons. The molecule has 1 aromatic rings. The van der Waals surface area contributed by atoms with Crippen molar-refractivity contribution in [3.8, 4) is 11.5 Å². The second kappa shape index (κ2) is 5.34. The summed E-state index contributed by atoms with van der Waals surface area (Å²) in [5, 5.41) is 8.64. The lowest BCUT2D eigenvalue weighted by atomic mass is 9.96. The van der Waals surface area contributed by atoms with Crippen molar-refractivity contribution in [2.45, 2.75) is 12.8 Å². The number of carboxylic acid groups (broad SMARTS) is 1. The Labute approximate surface area is 99.0 Å². The van der Waals surface area contributed by atoms with E-state index in [4.69, 9.17) is 14.6 Å². The van der Waals surface area contributed by atoms with Gasteiger partial charge in [-0.2, -0.15) is 0 Å². The van der Waals surface area contributed by atoms with E-state index in [-0.39, 0.29) is 0 Å². The molecular formula is C12H14O5. The van der Waals surface area contributed by atoms with E-state index in [0.29, 0.717) is 17.1 Å². The van der Waals surface area contributed by atoms with Gasteiger partial charge < -0.3 is 14.6 Å². The lowest BCUT2D eigenvalue weighted by Gasteiger charge is -2.12. The molecule has 0 amide bonds. The van der Waals surface area contributed by atoms with Crippen LogP contribution >= 0.6 is 0 Å². The van der Waals surface area contributed by atoms with Crippen molar-refractivity contribution in [2.75, 3.05) is 14.2 Å². The zero-order chi connectivity index (χ0) is 13.0. The van der Waals surface area contributed by atoms with Crippen LogP contribution < -0.4 is 9.47 Å². The number of aliphatic carboxylic acids is 1. The molecule has 0 saturated carbocycles. The van der Waals surface area contributed by atoms with Crippen molar-refractivity contribution in [1.82, 2.24) is 0 Å². The highest BCUT2D eigenvalue weighted by Gasteiger charge is 2.22. The molecule has 0 spiro atoms. The summed E-state index contributed by atoms with van der Waals surface area (Å²) >= 11 is 0. The summed E-state index contributed by atoms with van der Waals surface area (Å²) in [4.78, 5) is 21.9. The first kappa shape index (κ1) is 13.0. The number of ketones is 1. The first-order valence-corrected chi connectivity index (χ1v) is 5.00. The molecule has 1 atom stereocenters. The third kappa shape index (κ3) is 2.75. The van der Waals surface area contributed by atoms with Gasteiger partial charge >= 0.3 is 5.97 Å². The molecule has 17 heavy (non-hydrogen) atoms. The number of carboxylic acids is 1. The molecule has 1 unspecified atom stereocenters. The summed E-state index contributed by atoms with van der Waals surface area (Å²) in [6.07, 6.45) is 0. The Morgan fingerprint density at radius 2 is 1.76 bits per heavy atom. The third-order valence-corrected chi connectivity index (χ3v) is 2.51. The number of methoxy groups -OCH3 is 2. The van der Waals surface area contributed by atoms with Crippen molar-refractivity contribution >= 4 is 11.8 Å². The fourth-order valence-corrected chi connectivity index (χ4v) is 1.46. The van der Waals surface area contributed by atoms with Gasteiger partial charge in [-0.3, -0.25) is 4.79 Å². The summed E-state index contributed by atoms with van der Waals surface area (Å²) in [6, 6.07) is 4.89.